The SMILES string of the molecule is CC(C)(C)C(N)c1nc2c(F)cccc2n1C1CC1. The fourth-order valence-corrected chi connectivity index (χ4v) is 2.42. The summed E-state index contributed by atoms with van der Waals surface area (Å²) in [5, 5.41) is 0. The summed E-state index contributed by atoms with van der Waals surface area (Å²) in [4.78, 5) is 4.50. The first kappa shape index (κ1) is 12.6. The molecule has 0 amide bonds. The van der Waals surface area contributed by atoms with E-state index in [4.69, 9.17) is 5.73 Å². The minimum Gasteiger partial charge on any atom is -0.323 e. The van der Waals surface area contributed by atoms with E-state index in [1.165, 1.54) is 6.07 Å². The number of hydrogen-bond donors (Lipinski definition) is 1. The number of imidazole rings is 1. The molecule has 3 rings (SSSR count). The maximum absolute atomic E-state index is 13.9. The summed E-state index contributed by atoms with van der Waals surface area (Å²) >= 11 is 0. The van der Waals surface area contributed by atoms with Crippen LogP contribution in [-0.4, -0.2) is 9.55 Å². The van der Waals surface area contributed by atoms with Crippen LogP contribution >= 0.6 is 0 Å². The van der Waals surface area contributed by atoms with Crippen molar-refractivity contribution in [3.05, 3.63) is 29.8 Å². The van der Waals surface area contributed by atoms with Gasteiger partial charge in [0.05, 0.1) is 11.6 Å². The lowest BCUT2D eigenvalue weighted by Gasteiger charge is -2.27. The van der Waals surface area contributed by atoms with Crippen molar-refractivity contribution in [2.75, 3.05) is 0 Å². The minimum absolute atomic E-state index is 0.0928. The van der Waals surface area contributed by atoms with Crippen molar-refractivity contribution in [1.29, 1.82) is 0 Å². The monoisotopic (exact) mass is 261 g/mol. The van der Waals surface area contributed by atoms with Gasteiger partial charge < -0.3 is 10.3 Å². The maximum atomic E-state index is 13.9. The standard InChI is InChI=1S/C15H20FN3/c1-15(2,3)13(17)14-18-12-10(16)5-4-6-11(12)19(14)9-7-8-9/h4-6,9,13H,7-8,17H2,1-3H3. The fourth-order valence-electron chi connectivity index (χ4n) is 2.42. The van der Waals surface area contributed by atoms with E-state index in [2.05, 4.69) is 30.3 Å². The molecule has 0 bridgehead atoms. The van der Waals surface area contributed by atoms with Gasteiger partial charge in [0.25, 0.3) is 0 Å². The van der Waals surface area contributed by atoms with Gasteiger partial charge in [-0.2, -0.15) is 0 Å². The molecule has 1 heterocycles. The molecule has 4 heteroatoms. The zero-order valence-corrected chi connectivity index (χ0v) is 11.7. The number of nitrogens with zero attached hydrogens (tertiary/aromatic N) is 2. The van der Waals surface area contributed by atoms with Gasteiger partial charge in [-0.1, -0.05) is 26.8 Å². The van der Waals surface area contributed by atoms with E-state index < -0.39 is 0 Å². The Bertz CT molecular complexity index is 620. The lowest BCUT2D eigenvalue weighted by Crippen LogP contribution is -2.29. The molecule has 0 spiro atoms. The Balaban J connectivity index is 2.23. The Morgan fingerprint density at radius 3 is 2.63 bits per heavy atom. The average Bonchev–Trinajstić information content (AvgIpc) is 3.08. The number of fused-ring (bicyclic) bond motifs is 1. The Morgan fingerprint density at radius 2 is 2.05 bits per heavy atom. The number of halogens is 1. The van der Waals surface area contributed by atoms with Crippen LogP contribution in [0.2, 0.25) is 0 Å². The van der Waals surface area contributed by atoms with Gasteiger partial charge in [0.2, 0.25) is 0 Å². The van der Waals surface area contributed by atoms with Crippen molar-refractivity contribution in [1.82, 2.24) is 9.55 Å². The van der Waals surface area contributed by atoms with Crippen LogP contribution < -0.4 is 5.73 Å². The highest BCUT2D eigenvalue weighted by molar-refractivity contribution is 5.77. The molecule has 1 aromatic carbocycles. The molecule has 102 valence electrons. The molecule has 2 N–H and O–H groups in total. The van der Waals surface area contributed by atoms with E-state index in [1.807, 2.05) is 6.07 Å². The van der Waals surface area contributed by atoms with Crippen molar-refractivity contribution in [3.63, 3.8) is 0 Å². The second-order valence-electron chi connectivity index (χ2n) is 6.52. The van der Waals surface area contributed by atoms with E-state index in [-0.39, 0.29) is 17.3 Å². The molecule has 19 heavy (non-hydrogen) atoms. The van der Waals surface area contributed by atoms with Crippen LogP contribution in [0.4, 0.5) is 4.39 Å². The first-order valence-electron chi connectivity index (χ1n) is 6.81. The smallest absolute Gasteiger partial charge is 0.151 e. The van der Waals surface area contributed by atoms with E-state index in [1.54, 1.807) is 6.07 Å². The number of benzene rings is 1. The number of hydrogen-bond acceptors (Lipinski definition) is 2. The molecule has 1 unspecified atom stereocenters. The van der Waals surface area contributed by atoms with Crippen LogP contribution in [0.3, 0.4) is 0 Å². The van der Waals surface area contributed by atoms with Crippen LogP contribution in [0, 0.1) is 11.2 Å². The van der Waals surface area contributed by atoms with Gasteiger partial charge in [-0.05, 0) is 30.4 Å². The molecule has 1 fully saturated rings. The number of nitrogens with two attached hydrogens (primary N) is 1. The third-order valence-corrected chi connectivity index (χ3v) is 3.82. The highest BCUT2D eigenvalue weighted by atomic mass is 19.1. The summed E-state index contributed by atoms with van der Waals surface area (Å²) < 4.78 is 16.1. The van der Waals surface area contributed by atoms with E-state index >= 15 is 0 Å². The zero-order chi connectivity index (χ0) is 13.8. The molecule has 3 nitrogen and oxygen atoms in total. The van der Waals surface area contributed by atoms with Crippen LogP contribution in [0.25, 0.3) is 11.0 Å². The van der Waals surface area contributed by atoms with Gasteiger partial charge in [0.15, 0.2) is 5.82 Å². The Hall–Kier alpha value is -1.42. The molecule has 1 aliphatic rings. The van der Waals surface area contributed by atoms with E-state index in [0.29, 0.717) is 11.6 Å². The second-order valence-corrected chi connectivity index (χ2v) is 6.52. The van der Waals surface area contributed by atoms with Crippen molar-refractivity contribution in [2.45, 2.75) is 45.7 Å². The van der Waals surface area contributed by atoms with Crippen LogP contribution in [0.1, 0.15) is 51.5 Å². The molecule has 1 aliphatic carbocycles. The average molecular weight is 261 g/mol. The quantitative estimate of drug-likeness (QED) is 0.898. The normalized spacial score (nSPS) is 17.9. The summed E-state index contributed by atoms with van der Waals surface area (Å²) in [5.74, 6) is 0.550. The predicted molar refractivity (Wildman–Crippen MR) is 74.3 cm³/mol. The van der Waals surface area contributed by atoms with Gasteiger partial charge in [0, 0.05) is 6.04 Å². The molecule has 0 aliphatic heterocycles. The topological polar surface area (TPSA) is 43.8 Å². The second kappa shape index (κ2) is 4.04. The number of rotatable bonds is 2. The molecule has 1 atom stereocenters. The summed E-state index contributed by atoms with van der Waals surface area (Å²) in [6.45, 7) is 6.26. The van der Waals surface area contributed by atoms with Gasteiger partial charge >= 0.3 is 0 Å². The highest BCUT2D eigenvalue weighted by Crippen LogP contribution is 2.42. The fraction of sp³-hybridized carbons (Fsp3) is 0.533. The Kier molecular flexibility index (Phi) is 2.68. The van der Waals surface area contributed by atoms with Gasteiger partial charge in [-0.15, -0.1) is 0 Å². The number of aromatic nitrogens is 2. The predicted octanol–water partition coefficient (Wildman–Crippen LogP) is 3.56. The number of para-hydroxylation sites is 1. The van der Waals surface area contributed by atoms with Gasteiger partial charge in [-0.3, -0.25) is 0 Å². The maximum Gasteiger partial charge on any atom is 0.151 e. The van der Waals surface area contributed by atoms with Gasteiger partial charge in [-0.25, -0.2) is 9.37 Å². The summed E-state index contributed by atoms with van der Waals surface area (Å²) in [7, 11) is 0. The van der Waals surface area contributed by atoms with Crippen molar-refractivity contribution >= 4 is 11.0 Å². The lowest BCUT2D eigenvalue weighted by atomic mass is 9.87. The Labute approximate surface area is 112 Å². The van der Waals surface area contributed by atoms with E-state index in [9.17, 15) is 4.39 Å². The van der Waals surface area contributed by atoms with Crippen LogP contribution in [-0.2, 0) is 0 Å². The summed E-state index contributed by atoms with van der Waals surface area (Å²) in [6.07, 6.45) is 2.26. The van der Waals surface area contributed by atoms with Crippen molar-refractivity contribution in [2.24, 2.45) is 11.1 Å². The highest BCUT2D eigenvalue weighted by Gasteiger charge is 2.34. The molecular formula is C15H20FN3. The molecule has 0 radical (unpaired) electrons. The molecular weight excluding hydrogens is 241 g/mol. The Morgan fingerprint density at radius 1 is 1.37 bits per heavy atom. The molecule has 0 saturated heterocycles. The van der Waals surface area contributed by atoms with Crippen LogP contribution in [0.15, 0.2) is 18.2 Å². The summed E-state index contributed by atoms with van der Waals surface area (Å²) in [6, 6.07) is 5.38. The third kappa shape index (κ3) is 2.04. The van der Waals surface area contributed by atoms with Crippen molar-refractivity contribution in [3.8, 4) is 0 Å². The van der Waals surface area contributed by atoms with Crippen LogP contribution in [0.5, 0.6) is 0 Å². The first-order valence-corrected chi connectivity index (χ1v) is 6.81. The van der Waals surface area contributed by atoms with Crippen molar-refractivity contribution < 1.29 is 4.39 Å². The zero-order valence-electron chi connectivity index (χ0n) is 11.7. The minimum atomic E-state index is -0.265. The lowest BCUT2D eigenvalue weighted by molar-refractivity contribution is 0.308. The molecule has 2 aromatic rings. The van der Waals surface area contributed by atoms with E-state index in [0.717, 1.165) is 24.2 Å². The third-order valence-electron chi connectivity index (χ3n) is 3.82. The molecule has 1 aromatic heterocycles. The molecule has 1 saturated carbocycles. The largest absolute Gasteiger partial charge is 0.323 e. The summed E-state index contributed by atoms with van der Waals surface area (Å²) in [5.41, 5.74) is 7.57. The van der Waals surface area contributed by atoms with Gasteiger partial charge in [0.1, 0.15) is 11.3 Å². The first-order chi connectivity index (χ1) is 8.89.